The van der Waals surface area contributed by atoms with Gasteiger partial charge in [-0.3, -0.25) is 4.79 Å². The van der Waals surface area contributed by atoms with Crippen LogP contribution in [0.2, 0.25) is 0 Å². The fourth-order valence-corrected chi connectivity index (χ4v) is 3.37. The largest absolute Gasteiger partial charge is 0.466 e. The fourth-order valence-electron chi connectivity index (χ4n) is 2.70. The standard InChI is InChI=1S/C15H14O.C8H12N2O2S/c16-12-15(14-10-6-3-7-11-14)13-8-4-1-2-5-9-13;1-3-12-7(11)4-6-5-13-8(9-2)10-6/h1-4,6-12,15H,5H2;5H,3-4H2,1-2H3,(H,9,10). The summed E-state index contributed by atoms with van der Waals surface area (Å²) in [6.07, 6.45) is 12.3. The maximum Gasteiger partial charge on any atom is 0.311 e. The maximum absolute atomic E-state index is 11.2. The Bertz CT molecular complexity index is 869. The molecule has 1 N–H and O–H groups in total. The summed E-state index contributed by atoms with van der Waals surface area (Å²) < 4.78 is 4.79. The van der Waals surface area contributed by atoms with Gasteiger partial charge in [0.05, 0.1) is 24.6 Å². The molecule has 1 unspecified atom stereocenters. The van der Waals surface area contributed by atoms with Crippen molar-refractivity contribution in [1.82, 2.24) is 4.98 Å². The first kappa shape index (κ1) is 22.3. The Morgan fingerprint density at radius 1 is 1.31 bits per heavy atom. The summed E-state index contributed by atoms with van der Waals surface area (Å²) >= 11 is 1.48. The Hall–Kier alpha value is -2.99. The number of carbonyl (C=O) groups excluding carboxylic acids is 2. The van der Waals surface area contributed by atoms with Gasteiger partial charge in [0.15, 0.2) is 5.13 Å². The van der Waals surface area contributed by atoms with Crippen LogP contribution in [0.15, 0.2) is 71.7 Å². The minimum absolute atomic E-state index is 0.141. The molecule has 152 valence electrons. The SMILES string of the molecule is CCOC(=O)Cc1csc(NC)n1.O=CC(C1=CCC=CC=C1)c1ccccc1. The monoisotopic (exact) mass is 410 g/mol. The molecule has 0 radical (unpaired) electrons. The van der Waals surface area contributed by atoms with Gasteiger partial charge < -0.3 is 14.8 Å². The summed E-state index contributed by atoms with van der Waals surface area (Å²) in [5, 5.41) is 5.58. The van der Waals surface area contributed by atoms with E-state index < -0.39 is 0 Å². The molecule has 0 amide bonds. The molecular formula is C23H26N2O3S. The fraction of sp³-hybridized carbons (Fsp3) is 0.261. The van der Waals surface area contributed by atoms with Crippen molar-refractivity contribution in [1.29, 1.82) is 0 Å². The Morgan fingerprint density at radius 2 is 2.10 bits per heavy atom. The molecular weight excluding hydrogens is 384 g/mol. The number of aldehydes is 1. The zero-order chi connectivity index (χ0) is 20.9. The van der Waals surface area contributed by atoms with Gasteiger partial charge in [-0.15, -0.1) is 11.3 Å². The number of benzene rings is 1. The molecule has 0 fully saturated rings. The molecule has 0 bridgehead atoms. The summed E-state index contributed by atoms with van der Waals surface area (Å²) in [4.78, 5) is 26.4. The van der Waals surface area contributed by atoms with Crippen molar-refractivity contribution in [3.05, 3.63) is 82.9 Å². The Kier molecular flexibility index (Phi) is 9.59. The van der Waals surface area contributed by atoms with Crippen LogP contribution in [0.5, 0.6) is 0 Å². The predicted octanol–water partition coefficient (Wildman–Crippen LogP) is 4.70. The van der Waals surface area contributed by atoms with Crippen LogP contribution < -0.4 is 5.32 Å². The molecule has 1 aliphatic rings. The molecule has 29 heavy (non-hydrogen) atoms. The first-order valence-electron chi connectivity index (χ1n) is 9.49. The number of esters is 1. The molecule has 0 saturated heterocycles. The number of hydrogen-bond donors (Lipinski definition) is 1. The van der Waals surface area contributed by atoms with Crippen molar-refractivity contribution >= 4 is 28.7 Å². The van der Waals surface area contributed by atoms with E-state index in [9.17, 15) is 9.59 Å². The van der Waals surface area contributed by atoms with Crippen LogP contribution in [-0.2, 0) is 20.7 Å². The van der Waals surface area contributed by atoms with Crippen molar-refractivity contribution < 1.29 is 14.3 Å². The number of anilines is 1. The summed E-state index contributed by atoms with van der Waals surface area (Å²) in [6.45, 7) is 2.21. The highest BCUT2D eigenvalue weighted by Crippen LogP contribution is 2.24. The Balaban J connectivity index is 0.000000212. The summed E-state index contributed by atoms with van der Waals surface area (Å²) in [5.74, 6) is -0.368. The van der Waals surface area contributed by atoms with E-state index in [4.69, 9.17) is 4.74 Å². The normalized spacial score (nSPS) is 13.4. The van der Waals surface area contributed by atoms with Gasteiger partial charge in [-0.25, -0.2) is 4.98 Å². The number of allylic oxidation sites excluding steroid dienone is 6. The first-order valence-corrected chi connectivity index (χ1v) is 10.4. The number of rotatable bonds is 7. The molecule has 1 heterocycles. The van der Waals surface area contributed by atoms with Crippen molar-refractivity contribution in [2.24, 2.45) is 0 Å². The third kappa shape index (κ3) is 7.50. The third-order valence-electron chi connectivity index (χ3n) is 4.08. The van der Waals surface area contributed by atoms with E-state index in [1.54, 1.807) is 14.0 Å². The zero-order valence-electron chi connectivity index (χ0n) is 16.7. The van der Waals surface area contributed by atoms with E-state index in [0.29, 0.717) is 6.61 Å². The topological polar surface area (TPSA) is 68.3 Å². The van der Waals surface area contributed by atoms with Crippen molar-refractivity contribution in [3.63, 3.8) is 0 Å². The summed E-state index contributed by atoms with van der Waals surface area (Å²) in [6, 6.07) is 9.87. The molecule has 3 rings (SSSR count). The van der Waals surface area contributed by atoms with Gasteiger partial charge in [-0.2, -0.15) is 0 Å². The van der Waals surface area contributed by atoms with Gasteiger partial charge in [0.1, 0.15) is 6.29 Å². The number of thiazole rings is 1. The van der Waals surface area contributed by atoms with Gasteiger partial charge in [0, 0.05) is 12.4 Å². The zero-order valence-corrected chi connectivity index (χ0v) is 17.5. The summed E-state index contributed by atoms with van der Waals surface area (Å²) in [5.41, 5.74) is 2.88. The Labute approximate surface area is 175 Å². The second-order valence-electron chi connectivity index (χ2n) is 6.13. The lowest BCUT2D eigenvalue weighted by Gasteiger charge is -2.11. The number of ether oxygens (including phenoxy) is 1. The molecule has 1 aromatic carbocycles. The van der Waals surface area contributed by atoms with Crippen molar-refractivity contribution in [2.45, 2.75) is 25.7 Å². The molecule has 0 saturated carbocycles. The van der Waals surface area contributed by atoms with Crippen LogP contribution in [0.3, 0.4) is 0 Å². The molecule has 1 atom stereocenters. The van der Waals surface area contributed by atoms with E-state index in [1.807, 2.05) is 53.9 Å². The first-order chi connectivity index (χ1) is 14.2. The predicted molar refractivity (Wildman–Crippen MR) is 118 cm³/mol. The second kappa shape index (κ2) is 12.5. The second-order valence-corrected chi connectivity index (χ2v) is 6.99. The van der Waals surface area contributed by atoms with E-state index in [-0.39, 0.29) is 18.3 Å². The number of nitrogens with zero attached hydrogens (tertiary/aromatic N) is 1. The van der Waals surface area contributed by atoms with Crippen LogP contribution in [-0.4, -0.2) is 30.9 Å². The van der Waals surface area contributed by atoms with Gasteiger partial charge >= 0.3 is 5.97 Å². The number of nitrogens with one attached hydrogen (secondary N) is 1. The van der Waals surface area contributed by atoms with Crippen LogP contribution >= 0.6 is 11.3 Å². The highest BCUT2D eigenvalue weighted by molar-refractivity contribution is 7.13. The lowest BCUT2D eigenvalue weighted by Crippen LogP contribution is -2.07. The van der Waals surface area contributed by atoms with Crippen molar-refractivity contribution in [3.8, 4) is 0 Å². The summed E-state index contributed by atoms with van der Waals surface area (Å²) in [7, 11) is 1.80. The van der Waals surface area contributed by atoms with E-state index >= 15 is 0 Å². The van der Waals surface area contributed by atoms with Crippen LogP contribution in [0.4, 0.5) is 5.13 Å². The molecule has 6 heteroatoms. The molecule has 2 aromatic rings. The van der Waals surface area contributed by atoms with E-state index in [2.05, 4.69) is 22.5 Å². The Morgan fingerprint density at radius 3 is 2.76 bits per heavy atom. The van der Waals surface area contributed by atoms with Gasteiger partial charge in [-0.05, 0) is 24.5 Å². The smallest absolute Gasteiger partial charge is 0.311 e. The minimum atomic E-state index is -0.226. The average Bonchev–Trinajstić information content (AvgIpc) is 3.02. The lowest BCUT2D eigenvalue weighted by atomic mass is 9.92. The number of carbonyl (C=O) groups is 2. The number of hydrogen-bond acceptors (Lipinski definition) is 6. The van der Waals surface area contributed by atoms with Gasteiger partial charge in [0.25, 0.3) is 0 Å². The average molecular weight is 411 g/mol. The highest BCUT2D eigenvalue weighted by Gasteiger charge is 2.13. The van der Waals surface area contributed by atoms with Crippen LogP contribution in [0.1, 0.15) is 30.5 Å². The van der Waals surface area contributed by atoms with Crippen molar-refractivity contribution in [2.75, 3.05) is 19.0 Å². The van der Waals surface area contributed by atoms with Crippen LogP contribution in [0.25, 0.3) is 0 Å². The molecule has 1 aliphatic carbocycles. The highest BCUT2D eigenvalue weighted by atomic mass is 32.1. The third-order valence-corrected chi connectivity index (χ3v) is 4.98. The minimum Gasteiger partial charge on any atom is -0.466 e. The van der Waals surface area contributed by atoms with Gasteiger partial charge in [-0.1, -0.05) is 60.7 Å². The molecule has 5 nitrogen and oxygen atoms in total. The lowest BCUT2D eigenvalue weighted by molar-refractivity contribution is -0.142. The molecule has 0 spiro atoms. The number of aromatic nitrogens is 1. The van der Waals surface area contributed by atoms with E-state index in [0.717, 1.165) is 34.7 Å². The van der Waals surface area contributed by atoms with Crippen LogP contribution in [0, 0.1) is 0 Å². The quantitative estimate of drug-likeness (QED) is 0.529. The van der Waals surface area contributed by atoms with E-state index in [1.165, 1.54) is 11.3 Å². The molecule has 0 aliphatic heterocycles. The maximum atomic E-state index is 11.2. The van der Waals surface area contributed by atoms with Gasteiger partial charge in [0.2, 0.25) is 0 Å². The molecule has 1 aromatic heterocycles.